The van der Waals surface area contributed by atoms with Gasteiger partial charge < -0.3 is 20.1 Å². The quantitative estimate of drug-likeness (QED) is 0.723. The number of methoxy groups -OCH3 is 1. The third-order valence-corrected chi connectivity index (χ3v) is 6.10. The van der Waals surface area contributed by atoms with Crippen LogP contribution >= 0.6 is 11.6 Å². The molecule has 160 valence electrons. The predicted octanol–water partition coefficient (Wildman–Crippen LogP) is 3.83. The number of rotatable bonds is 7. The van der Waals surface area contributed by atoms with Crippen molar-refractivity contribution in [2.75, 3.05) is 26.8 Å². The number of hydrogen-bond donors (Lipinski definition) is 1. The minimum Gasteiger partial charge on any atom is -0.496 e. The van der Waals surface area contributed by atoms with Crippen molar-refractivity contribution in [1.82, 2.24) is 4.90 Å². The number of ether oxygens (including phenoxy) is 2. The van der Waals surface area contributed by atoms with Crippen LogP contribution in [0.1, 0.15) is 35.2 Å². The van der Waals surface area contributed by atoms with Crippen LogP contribution in [0.5, 0.6) is 11.5 Å². The van der Waals surface area contributed by atoms with E-state index in [9.17, 15) is 9.59 Å². The maximum absolute atomic E-state index is 13.0. The highest BCUT2D eigenvalue weighted by Crippen LogP contribution is 2.37. The number of hydrogen-bond acceptors (Lipinski definition) is 4. The molecule has 0 aromatic heterocycles. The topological polar surface area (TPSA) is 81.9 Å². The van der Waals surface area contributed by atoms with Gasteiger partial charge in [-0.2, -0.15) is 0 Å². The number of piperidine rings is 1. The zero-order chi connectivity index (χ0) is 21.7. The minimum absolute atomic E-state index is 0.0747. The highest BCUT2D eigenvalue weighted by atomic mass is 35.5. The lowest BCUT2D eigenvalue weighted by Crippen LogP contribution is -2.47. The monoisotopic (exact) mass is 430 g/mol. The highest BCUT2D eigenvalue weighted by molar-refractivity contribution is 6.31. The van der Waals surface area contributed by atoms with Gasteiger partial charge in [-0.05, 0) is 55.7 Å². The number of carbonyl (C=O) groups is 2. The van der Waals surface area contributed by atoms with Gasteiger partial charge in [0.25, 0.3) is 5.91 Å². The summed E-state index contributed by atoms with van der Waals surface area (Å²) in [4.78, 5) is 26.5. The molecule has 2 N–H and O–H groups in total. The second-order valence-electron chi connectivity index (χ2n) is 7.84. The molecule has 0 saturated carbocycles. The third-order valence-electron chi connectivity index (χ3n) is 5.67. The van der Waals surface area contributed by atoms with E-state index in [0.717, 1.165) is 5.56 Å². The van der Waals surface area contributed by atoms with Crippen molar-refractivity contribution in [3.63, 3.8) is 0 Å². The van der Waals surface area contributed by atoms with E-state index >= 15 is 0 Å². The third kappa shape index (κ3) is 5.05. The Kier molecular flexibility index (Phi) is 6.87. The number of carbonyl (C=O) groups excluding carboxylic acids is 2. The first-order valence-corrected chi connectivity index (χ1v) is 10.3. The van der Waals surface area contributed by atoms with Gasteiger partial charge in [-0.15, -0.1) is 0 Å². The average molecular weight is 431 g/mol. The summed E-state index contributed by atoms with van der Waals surface area (Å²) in [5.74, 6) is 0.816. The Labute approximate surface area is 181 Å². The van der Waals surface area contributed by atoms with E-state index in [1.165, 1.54) is 0 Å². The normalized spacial score (nSPS) is 15.5. The van der Waals surface area contributed by atoms with Gasteiger partial charge in [0.1, 0.15) is 11.5 Å². The lowest BCUT2D eigenvalue weighted by atomic mass is 9.76. The van der Waals surface area contributed by atoms with Crippen LogP contribution in [0, 0.1) is 12.3 Å². The van der Waals surface area contributed by atoms with Crippen LogP contribution in [0.2, 0.25) is 5.02 Å². The molecule has 1 heterocycles. The standard InChI is InChI=1S/C23H27ClN2O4/c1-16-13-17(7-8-19(16)24)30-15-23(14-21(25)27)9-11-26(12-10-23)22(28)18-5-3-4-6-20(18)29-2/h3-8,13H,9-12,14-15H2,1-2H3,(H2,25,27). The van der Waals surface area contributed by atoms with Crippen molar-refractivity contribution in [2.45, 2.75) is 26.2 Å². The Bertz CT molecular complexity index is 923. The predicted molar refractivity (Wildman–Crippen MR) is 116 cm³/mol. The number of primary amides is 1. The summed E-state index contributed by atoms with van der Waals surface area (Å²) in [5.41, 5.74) is 6.59. The molecule has 0 spiro atoms. The molecule has 6 nitrogen and oxygen atoms in total. The fourth-order valence-corrected chi connectivity index (χ4v) is 3.98. The van der Waals surface area contributed by atoms with Crippen LogP contribution in [-0.2, 0) is 4.79 Å². The molecule has 2 aromatic carbocycles. The van der Waals surface area contributed by atoms with Gasteiger partial charge in [0.15, 0.2) is 0 Å². The van der Waals surface area contributed by atoms with E-state index < -0.39 is 5.41 Å². The molecule has 2 amide bonds. The summed E-state index contributed by atoms with van der Waals surface area (Å²) in [6, 6.07) is 12.7. The Morgan fingerprint density at radius 3 is 2.50 bits per heavy atom. The number of benzene rings is 2. The van der Waals surface area contributed by atoms with E-state index in [0.29, 0.717) is 54.6 Å². The molecule has 3 rings (SSSR count). The zero-order valence-electron chi connectivity index (χ0n) is 17.3. The summed E-state index contributed by atoms with van der Waals surface area (Å²) in [5, 5.41) is 0.678. The van der Waals surface area contributed by atoms with Crippen LogP contribution in [0.15, 0.2) is 42.5 Å². The van der Waals surface area contributed by atoms with Crippen LogP contribution in [-0.4, -0.2) is 43.5 Å². The van der Waals surface area contributed by atoms with E-state index in [4.69, 9.17) is 26.8 Å². The maximum atomic E-state index is 13.0. The Morgan fingerprint density at radius 2 is 1.87 bits per heavy atom. The van der Waals surface area contributed by atoms with Crippen molar-refractivity contribution in [2.24, 2.45) is 11.1 Å². The van der Waals surface area contributed by atoms with Gasteiger partial charge in [0.05, 0.1) is 19.3 Å². The Hall–Kier alpha value is -2.73. The molecular formula is C23H27ClN2O4. The summed E-state index contributed by atoms with van der Waals surface area (Å²) in [6.07, 6.45) is 1.48. The van der Waals surface area contributed by atoms with Crippen LogP contribution in [0.3, 0.4) is 0 Å². The average Bonchev–Trinajstić information content (AvgIpc) is 2.74. The lowest BCUT2D eigenvalue weighted by molar-refractivity contribution is -0.121. The number of nitrogens with two attached hydrogens (primary N) is 1. The van der Waals surface area contributed by atoms with Crippen molar-refractivity contribution in [3.05, 3.63) is 58.6 Å². The molecule has 0 unspecified atom stereocenters. The van der Waals surface area contributed by atoms with Crippen molar-refractivity contribution < 1.29 is 19.1 Å². The number of aryl methyl sites for hydroxylation is 1. The summed E-state index contributed by atoms with van der Waals surface area (Å²) >= 11 is 6.08. The van der Waals surface area contributed by atoms with E-state index in [1.807, 2.05) is 31.2 Å². The van der Waals surface area contributed by atoms with Gasteiger partial charge in [0, 0.05) is 29.9 Å². The molecule has 1 fully saturated rings. The number of halogens is 1. The summed E-state index contributed by atoms with van der Waals surface area (Å²) < 4.78 is 11.3. The van der Waals surface area contributed by atoms with Gasteiger partial charge in [-0.1, -0.05) is 23.7 Å². The summed E-state index contributed by atoms with van der Waals surface area (Å²) in [7, 11) is 1.55. The largest absolute Gasteiger partial charge is 0.496 e. The van der Waals surface area contributed by atoms with Crippen LogP contribution < -0.4 is 15.2 Å². The molecule has 1 aliphatic rings. The van der Waals surface area contributed by atoms with Gasteiger partial charge in [-0.3, -0.25) is 9.59 Å². The SMILES string of the molecule is COc1ccccc1C(=O)N1CCC(COc2ccc(Cl)c(C)c2)(CC(N)=O)CC1. The Morgan fingerprint density at radius 1 is 1.17 bits per heavy atom. The van der Waals surface area contributed by atoms with Gasteiger partial charge in [0.2, 0.25) is 5.91 Å². The minimum atomic E-state index is -0.406. The first kappa shape index (κ1) is 22.0. The number of para-hydroxylation sites is 1. The number of nitrogens with zero attached hydrogens (tertiary/aromatic N) is 1. The molecule has 1 aliphatic heterocycles. The molecule has 0 aliphatic carbocycles. The lowest BCUT2D eigenvalue weighted by Gasteiger charge is -2.41. The van der Waals surface area contributed by atoms with Crippen molar-refractivity contribution in [1.29, 1.82) is 0 Å². The fourth-order valence-electron chi connectivity index (χ4n) is 3.86. The number of likely N-dealkylation sites (tertiary alicyclic amines) is 1. The molecule has 0 atom stereocenters. The maximum Gasteiger partial charge on any atom is 0.257 e. The van der Waals surface area contributed by atoms with Gasteiger partial charge in [-0.25, -0.2) is 0 Å². The van der Waals surface area contributed by atoms with Crippen molar-refractivity contribution in [3.8, 4) is 11.5 Å². The van der Waals surface area contributed by atoms with Crippen molar-refractivity contribution >= 4 is 23.4 Å². The van der Waals surface area contributed by atoms with Gasteiger partial charge >= 0.3 is 0 Å². The van der Waals surface area contributed by atoms with Crippen LogP contribution in [0.4, 0.5) is 0 Å². The number of amides is 2. The second-order valence-corrected chi connectivity index (χ2v) is 8.24. The fraction of sp³-hybridized carbons (Fsp3) is 0.391. The highest BCUT2D eigenvalue weighted by Gasteiger charge is 2.38. The molecule has 1 saturated heterocycles. The second kappa shape index (κ2) is 9.39. The summed E-state index contributed by atoms with van der Waals surface area (Å²) in [6.45, 7) is 3.31. The molecular weight excluding hydrogens is 404 g/mol. The zero-order valence-corrected chi connectivity index (χ0v) is 18.1. The molecule has 2 aromatic rings. The molecule has 0 bridgehead atoms. The smallest absolute Gasteiger partial charge is 0.257 e. The van der Waals surface area contributed by atoms with E-state index in [1.54, 1.807) is 30.2 Å². The first-order valence-electron chi connectivity index (χ1n) is 9.93. The first-order chi connectivity index (χ1) is 14.3. The van der Waals surface area contributed by atoms with E-state index in [-0.39, 0.29) is 18.2 Å². The molecule has 0 radical (unpaired) electrons. The molecule has 30 heavy (non-hydrogen) atoms. The van der Waals surface area contributed by atoms with E-state index in [2.05, 4.69) is 0 Å². The molecule has 7 heteroatoms. The Balaban J connectivity index is 1.69. The van der Waals surface area contributed by atoms with Crippen LogP contribution in [0.25, 0.3) is 0 Å².